The highest BCUT2D eigenvalue weighted by Gasteiger charge is 2.22. The highest BCUT2D eigenvalue weighted by molar-refractivity contribution is 5.78. The van der Waals surface area contributed by atoms with Gasteiger partial charge in [0.1, 0.15) is 11.6 Å². The molecule has 1 aliphatic heterocycles. The second-order valence-corrected chi connectivity index (χ2v) is 6.21. The number of hydrogen-bond donors (Lipinski definition) is 2. The van der Waals surface area contributed by atoms with Crippen molar-refractivity contribution in [2.24, 2.45) is 0 Å². The van der Waals surface area contributed by atoms with Crippen LogP contribution < -0.4 is 15.7 Å². The largest absolute Gasteiger partial charge is 0.497 e. The minimum absolute atomic E-state index is 0.0687. The maximum Gasteiger partial charge on any atom is 0.326 e. The Hall–Kier alpha value is -2.80. The van der Waals surface area contributed by atoms with Gasteiger partial charge in [0.15, 0.2) is 0 Å². The van der Waals surface area contributed by atoms with Gasteiger partial charge in [-0.25, -0.2) is 9.78 Å². The molecule has 7 nitrogen and oxygen atoms in total. The zero-order valence-electron chi connectivity index (χ0n) is 14.2. The number of imidazole rings is 1. The number of benzene rings is 1. The lowest BCUT2D eigenvalue weighted by Crippen LogP contribution is -2.22. The number of anilines is 2. The van der Waals surface area contributed by atoms with E-state index in [1.807, 2.05) is 31.2 Å². The Morgan fingerprint density at radius 2 is 2.28 bits per heavy atom. The lowest BCUT2D eigenvalue weighted by molar-refractivity contribution is 0.186. The number of rotatable bonds is 4. The average molecular weight is 340 g/mol. The number of pyridine rings is 1. The van der Waals surface area contributed by atoms with E-state index in [0.29, 0.717) is 19.0 Å². The van der Waals surface area contributed by atoms with Gasteiger partial charge in [-0.1, -0.05) is 0 Å². The molecule has 0 radical (unpaired) electrons. The molecule has 0 saturated carbocycles. The van der Waals surface area contributed by atoms with Gasteiger partial charge in [-0.2, -0.15) is 0 Å². The lowest BCUT2D eigenvalue weighted by Gasteiger charge is -2.12. The summed E-state index contributed by atoms with van der Waals surface area (Å²) < 4.78 is 12.4. The predicted molar refractivity (Wildman–Crippen MR) is 95.8 cm³/mol. The van der Waals surface area contributed by atoms with Gasteiger partial charge < -0.3 is 19.8 Å². The minimum atomic E-state index is -0.120. The summed E-state index contributed by atoms with van der Waals surface area (Å²) in [6.45, 7) is 3.26. The van der Waals surface area contributed by atoms with E-state index in [9.17, 15) is 4.79 Å². The van der Waals surface area contributed by atoms with E-state index in [2.05, 4.69) is 15.3 Å². The van der Waals surface area contributed by atoms with Crippen molar-refractivity contribution in [2.75, 3.05) is 25.6 Å². The summed E-state index contributed by atoms with van der Waals surface area (Å²) >= 11 is 0. The number of ether oxygens (including phenoxy) is 2. The standard InChI is InChI=1S/C18H20N4O3/c1-11-7-13(24-2)3-4-14(11)20-17-8-16-15(9-19-17)21-18(23)22(16)12-5-6-25-10-12/h3-4,7-9,12H,5-6,10H2,1-2H3,(H,19,20)(H,21,23). The smallest absolute Gasteiger partial charge is 0.326 e. The van der Waals surface area contributed by atoms with Gasteiger partial charge in [-0.15, -0.1) is 0 Å². The Labute approximate surface area is 144 Å². The van der Waals surface area contributed by atoms with Gasteiger partial charge in [0.05, 0.1) is 37.0 Å². The lowest BCUT2D eigenvalue weighted by atomic mass is 10.2. The Kier molecular flexibility index (Phi) is 3.93. The second kappa shape index (κ2) is 6.25. The molecule has 0 bridgehead atoms. The van der Waals surface area contributed by atoms with Crippen molar-refractivity contribution in [2.45, 2.75) is 19.4 Å². The van der Waals surface area contributed by atoms with Crippen molar-refractivity contribution in [1.82, 2.24) is 14.5 Å². The third-order valence-corrected chi connectivity index (χ3v) is 4.57. The first-order valence-corrected chi connectivity index (χ1v) is 8.25. The molecular weight excluding hydrogens is 320 g/mol. The van der Waals surface area contributed by atoms with Crippen molar-refractivity contribution in [1.29, 1.82) is 0 Å². The number of aromatic amines is 1. The van der Waals surface area contributed by atoms with E-state index < -0.39 is 0 Å². The number of aryl methyl sites for hydroxylation is 1. The monoisotopic (exact) mass is 340 g/mol. The molecular formula is C18H20N4O3. The molecule has 3 aromatic rings. The molecule has 4 rings (SSSR count). The van der Waals surface area contributed by atoms with Gasteiger partial charge in [0, 0.05) is 18.4 Å². The van der Waals surface area contributed by atoms with E-state index in [1.54, 1.807) is 17.9 Å². The van der Waals surface area contributed by atoms with Crippen LogP contribution in [0.2, 0.25) is 0 Å². The van der Waals surface area contributed by atoms with Crippen LogP contribution in [0.25, 0.3) is 11.0 Å². The zero-order valence-corrected chi connectivity index (χ0v) is 14.2. The van der Waals surface area contributed by atoms with E-state index in [1.165, 1.54) is 0 Å². The first-order valence-electron chi connectivity index (χ1n) is 8.25. The maximum atomic E-state index is 12.3. The summed E-state index contributed by atoms with van der Waals surface area (Å²) in [5, 5.41) is 3.32. The van der Waals surface area contributed by atoms with Gasteiger partial charge in [-0.3, -0.25) is 4.57 Å². The van der Waals surface area contributed by atoms with Crippen LogP contribution >= 0.6 is 0 Å². The number of methoxy groups -OCH3 is 1. The van der Waals surface area contributed by atoms with Crippen LogP contribution in [0.5, 0.6) is 5.75 Å². The van der Waals surface area contributed by atoms with Crippen LogP contribution in [-0.2, 0) is 4.74 Å². The number of fused-ring (bicyclic) bond motifs is 1. The number of nitrogens with one attached hydrogen (secondary N) is 2. The highest BCUT2D eigenvalue weighted by Crippen LogP contribution is 2.26. The number of hydrogen-bond acceptors (Lipinski definition) is 5. The topological polar surface area (TPSA) is 81.2 Å². The zero-order chi connectivity index (χ0) is 17.4. The fourth-order valence-electron chi connectivity index (χ4n) is 3.22. The summed E-state index contributed by atoms with van der Waals surface area (Å²) in [5.74, 6) is 1.50. The number of H-pyrrole nitrogens is 1. The first kappa shape index (κ1) is 15.7. The summed E-state index contributed by atoms with van der Waals surface area (Å²) in [6, 6.07) is 7.78. The molecule has 1 aromatic carbocycles. The molecule has 2 N–H and O–H groups in total. The fourth-order valence-corrected chi connectivity index (χ4v) is 3.22. The van der Waals surface area contributed by atoms with E-state index in [4.69, 9.17) is 9.47 Å². The molecule has 3 heterocycles. The minimum Gasteiger partial charge on any atom is -0.497 e. The van der Waals surface area contributed by atoms with E-state index >= 15 is 0 Å². The van der Waals surface area contributed by atoms with Gasteiger partial charge in [0.2, 0.25) is 0 Å². The first-order chi connectivity index (χ1) is 12.2. The van der Waals surface area contributed by atoms with Crippen molar-refractivity contribution in [3.05, 3.63) is 46.5 Å². The van der Waals surface area contributed by atoms with Crippen LogP contribution in [0.1, 0.15) is 18.0 Å². The van der Waals surface area contributed by atoms with Crippen molar-refractivity contribution in [3.63, 3.8) is 0 Å². The van der Waals surface area contributed by atoms with E-state index in [-0.39, 0.29) is 11.7 Å². The number of aromatic nitrogens is 3. The summed E-state index contributed by atoms with van der Waals surface area (Å²) in [5.41, 5.74) is 3.45. The molecule has 0 aliphatic carbocycles. The van der Waals surface area contributed by atoms with Crippen LogP contribution in [0, 0.1) is 6.92 Å². The molecule has 1 fully saturated rings. The summed E-state index contributed by atoms with van der Waals surface area (Å²) in [4.78, 5) is 19.6. The van der Waals surface area contributed by atoms with Gasteiger partial charge >= 0.3 is 5.69 Å². The number of nitrogens with zero attached hydrogens (tertiary/aromatic N) is 2. The molecule has 7 heteroatoms. The maximum absolute atomic E-state index is 12.3. The van der Waals surface area contributed by atoms with Crippen molar-refractivity contribution in [3.8, 4) is 5.75 Å². The summed E-state index contributed by atoms with van der Waals surface area (Å²) in [7, 11) is 1.65. The quantitative estimate of drug-likeness (QED) is 0.763. The SMILES string of the molecule is COc1ccc(Nc2cc3c(cn2)[nH]c(=O)n3C2CCOC2)c(C)c1. The summed E-state index contributed by atoms with van der Waals surface area (Å²) in [6.07, 6.45) is 2.53. The van der Waals surface area contributed by atoms with E-state index in [0.717, 1.165) is 34.5 Å². The van der Waals surface area contributed by atoms with Crippen LogP contribution in [-0.4, -0.2) is 34.9 Å². The third kappa shape index (κ3) is 2.87. The van der Waals surface area contributed by atoms with Crippen molar-refractivity contribution >= 4 is 22.5 Å². The van der Waals surface area contributed by atoms with Crippen LogP contribution in [0.15, 0.2) is 35.3 Å². The normalized spacial score (nSPS) is 17.1. The van der Waals surface area contributed by atoms with Crippen LogP contribution in [0.4, 0.5) is 11.5 Å². The molecule has 130 valence electrons. The van der Waals surface area contributed by atoms with Crippen molar-refractivity contribution < 1.29 is 9.47 Å². The highest BCUT2D eigenvalue weighted by atomic mass is 16.5. The Balaban J connectivity index is 1.71. The van der Waals surface area contributed by atoms with Crippen LogP contribution in [0.3, 0.4) is 0 Å². The third-order valence-electron chi connectivity index (χ3n) is 4.57. The Morgan fingerprint density at radius 3 is 3.00 bits per heavy atom. The molecule has 1 saturated heterocycles. The molecule has 0 spiro atoms. The van der Waals surface area contributed by atoms with Gasteiger partial charge in [-0.05, 0) is 37.1 Å². The Bertz CT molecular complexity index is 970. The average Bonchev–Trinajstić information content (AvgIpc) is 3.23. The molecule has 1 atom stereocenters. The molecule has 0 amide bonds. The molecule has 25 heavy (non-hydrogen) atoms. The Morgan fingerprint density at radius 1 is 1.40 bits per heavy atom. The molecule has 1 unspecified atom stereocenters. The molecule has 2 aromatic heterocycles. The predicted octanol–water partition coefficient (Wildman–Crippen LogP) is 2.75. The second-order valence-electron chi connectivity index (χ2n) is 6.21. The van der Waals surface area contributed by atoms with Gasteiger partial charge in [0.25, 0.3) is 0 Å². The molecule has 1 aliphatic rings. The fraction of sp³-hybridized carbons (Fsp3) is 0.333.